The molecule has 2 atom stereocenters. The summed E-state index contributed by atoms with van der Waals surface area (Å²) >= 11 is 0. The van der Waals surface area contributed by atoms with Crippen LogP contribution >= 0.6 is 0 Å². The van der Waals surface area contributed by atoms with Gasteiger partial charge in [0.15, 0.2) is 0 Å². The predicted octanol–water partition coefficient (Wildman–Crippen LogP) is 4.08. The summed E-state index contributed by atoms with van der Waals surface area (Å²) in [6, 6.07) is 3.95. The van der Waals surface area contributed by atoms with Gasteiger partial charge in [-0.05, 0) is 76.1 Å². The molecule has 0 aromatic heterocycles. The Bertz CT molecular complexity index is 966. The SMILES string of the molecule is CC(C)C[C@H](NC(=O)OC(C)(C)C)C(=O)N1CCC(C(=O)N[C@H](C(=O)Nc2ccc(F)cc2)C(C)C)CC1. The molecule has 10 heteroatoms. The van der Waals surface area contributed by atoms with E-state index in [-0.39, 0.29) is 35.5 Å². The third-order valence-corrected chi connectivity index (χ3v) is 6.23. The van der Waals surface area contributed by atoms with Gasteiger partial charge in [-0.15, -0.1) is 0 Å². The number of anilines is 1. The lowest BCUT2D eigenvalue weighted by Gasteiger charge is -2.35. The molecule has 9 nitrogen and oxygen atoms in total. The van der Waals surface area contributed by atoms with Crippen molar-refractivity contribution in [3.63, 3.8) is 0 Å². The van der Waals surface area contributed by atoms with Crippen LogP contribution in [0.15, 0.2) is 24.3 Å². The molecule has 1 heterocycles. The maximum absolute atomic E-state index is 13.2. The summed E-state index contributed by atoms with van der Waals surface area (Å²) in [5.74, 6) is -1.55. The Morgan fingerprint density at radius 3 is 2.08 bits per heavy atom. The number of rotatable bonds is 9. The summed E-state index contributed by atoms with van der Waals surface area (Å²) in [4.78, 5) is 53.1. The van der Waals surface area contributed by atoms with Crippen LogP contribution in [0.5, 0.6) is 0 Å². The number of piperidine rings is 1. The van der Waals surface area contributed by atoms with Crippen LogP contribution in [0.2, 0.25) is 0 Å². The van der Waals surface area contributed by atoms with E-state index in [1.54, 1.807) is 25.7 Å². The Kier molecular flexibility index (Phi) is 11.1. The summed E-state index contributed by atoms with van der Waals surface area (Å²) in [7, 11) is 0. The molecule has 1 aliphatic rings. The van der Waals surface area contributed by atoms with Gasteiger partial charge in [-0.2, -0.15) is 0 Å². The molecule has 0 saturated carbocycles. The molecule has 2 rings (SSSR count). The fraction of sp³-hybridized carbons (Fsp3) is 0.643. The fourth-order valence-corrected chi connectivity index (χ4v) is 4.28. The van der Waals surface area contributed by atoms with Crippen molar-refractivity contribution in [2.75, 3.05) is 18.4 Å². The molecule has 1 fully saturated rings. The highest BCUT2D eigenvalue weighted by molar-refractivity contribution is 5.97. The lowest BCUT2D eigenvalue weighted by molar-refractivity contribution is -0.138. The van der Waals surface area contributed by atoms with Crippen molar-refractivity contribution in [1.29, 1.82) is 0 Å². The van der Waals surface area contributed by atoms with Crippen LogP contribution < -0.4 is 16.0 Å². The minimum atomic E-state index is -0.763. The highest BCUT2D eigenvalue weighted by atomic mass is 19.1. The van der Waals surface area contributed by atoms with E-state index in [2.05, 4.69) is 16.0 Å². The first kappa shape index (κ1) is 31.1. The van der Waals surface area contributed by atoms with Gasteiger partial charge in [0.1, 0.15) is 23.5 Å². The largest absolute Gasteiger partial charge is 0.444 e. The van der Waals surface area contributed by atoms with Gasteiger partial charge in [0.25, 0.3) is 0 Å². The molecule has 212 valence electrons. The molecule has 1 saturated heterocycles. The quantitative estimate of drug-likeness (QED) is 0.441. The number of benzene rings is 1. The van der Waals surface area contributed by atoms with E-state index in [4.69, 9.17) is 4.74 Å². The van der Waals surface area contributed by atoms with Crippen molar-refractivity contribution in [2.24, 2.45) is 17.8 Å². The van der Waals surface area contributed by atoms with E-state index in [9.17, 15) is 23.6 Å². The minimum absolute atomic E-state index is 0.170. The van der Waals surface area contributed by atoms with Crippen LogP contribution in [0, 0.1) is 23.6 Å². The second-order valence-electron chi connectivity index (χ2n) is 11.7. The number of likely N-dealkylation sites (tertiary alicyclic amines) is 1. The van der Waals surface area contributed by atoms with E-state index < -0.39 is 29.6 Å². The van der Waals surface area contributed by atoms with Crippen molar-refractivity contribution in [2.45, 2.75) is 85.4 Å². The van der Waals surface area contributed by atoms with E-state index in [1.165, 1.54) is 24.3 Å². The van der Waals surface area contributed by atoms with E-state index in [0.29, 0.717) is 38.0 Å². The summed E-state index contributed by atoms with van der Waals surface area (Å²) < 4.78 is 18.5. The molecular formula is C28H43FN4O5. The van der Waals surface area contributed by atoms with Gasteiger partial charge in [0.2, 0.25) is 17.7 Å². The zero-order chi connectivity index (χ0) is 28.6. The first-order valence-corrected chi connectivity index (χ1v) is 13.3. The Hall–Kier alpha value is -3.17. The topological polar surface area (TPSA) is 117 Å². The van der Waals surface area contributed by atoms with Crippen LogP contribution in [0.3, 0.4) is 0 Å². The van der Waals surface area contributed by atoms with E-state index in [0.717, 1.165) is 0 Å². The maximum Gasteiger partial charge on any atom is 0.408 e. The number of amides is 4. The number of alkyl carbamates (subject to hydrolysis) is 1. The maximum atomic E-state index is 13.2. The normalized spacial score (nSPS) is 16.1. The third-order valence-electron chi connectivity index (χ3n) is 6.23. The zero-order valence-electron chi connectivity index (χ0n) is 23.6. The highest BCUT2D eigenvalue weighted by Crippen LogP contribution is 2.21. The van der Waals surface area contributed by atoms with Crippen molar-refractivity contribution >= 4 is 29.5 Å². The van der Waals surface area contributed by atoms with Crippen molar-refractivity contribution in [3.05, 3.63) is 30.1 Å². The van der Waals surface area contributed by atoms with Crippen LogP contribution in [-0.4, -0.2) is 59.5 Å². The number of halogens is 1. The number of hydrogen-bond donors (Lipinski definition) is 3. The predicted molar refractivity (Wildman–Crippen MR) is 144 cm³/mol. The molecule has 0 aliphatic carbocycles. The van der Waals surface area contributed by atoms with Gasteiger partial charge >= 0.3 is 6.09 Å². The Morgan fingerprint density at radius 2 is 1.58 bits per heavy atom. The van der Waals surface area contributed by atoms with Gasteiger partial charge in [0, 0.05) is 24.7 Å². The van der Waals surface area contributed by atoms with E-state index in [1.807, 2.05) is 27.7 Å². The van der Waals surface area contributed by atoms with Gasteiger partial charge in [-0.25, -0.2) is 9.18 Å². The molecule has 1 aromatic carbocycles. The number of carbonyl (C=O) groups is 4. The Morgan fingerprint density at radius 1 is 1.00 bits per heavy atom. The van der Waals surface area contributed by atoms with Crippen molar-refractivity contribution in [1.82, 2.24) is 15.5 Å². The molecular weight excluding hydrogens is 491 g/mol. The second kappa shape index (κ2) is 13.6. The van der Waals surface area contributed by atoms with Gasteiger partial charge in [-0.1, -0.05) is 27.7 Å². The Balaban J connectivity index is 1.95. The van der Waals surface area contributed by atoms with Crippen molar-refractivity contribution < 1.29 is 28.3 Å². The number of ether oxygens (including phenoxy) is 1. The first-order valence-electron chi connectivity index (χ1n) is 13.3. The number of hydrogen-bond acceptors (Lipinski definition) is 5. The molecule has 0 radical (unpaired) electrons. The van der Waals surface area contributed by atoms with Crippen LogP contribution in [0.25, 0.3) is 0 Å². The average Bonchev–Trinajstić information content (AvgIpc) is 2.81. The Labute approximate surface area is 225 Å². The zero-order valence-corrected chi connectivity index (χ0v) is 23.6. The van der Waals surface area contributed by atoms with Crippen LogP contribution in [0.1, 0.15) is 67.7 Å². The van der Waals surface area contributed by atoms with Gasteiger partial charge < -0.3 is 25.6 Å². The summed E-state index contributed by atoms with van der Waals surface area (Å²) in [5, 5.41) is 8.29. The first-order chi connectivity index (χ1) is 17.7. The van der Waals surface area contributed by atoms with Crippen LogP contribution in [-0.2, 0) is 19.1 Å². The smallest absolute Gasteiger partial charge is 0.408 e. The molecule has 38 heavy (non-hydrogen) atoms. The minimum Gasteiger partial charge on any atom is -0.444 e. The molecule has 3 N–H and O–H groups in total. The third kappa shape index (κ3) is 9.95. The summed E-state index contributed by atoms with van der Waals surface area (Å²) in [5.41, 5.74) is -0.232. The number of nitrogens with zero attached hydrogens (tertiary/aromatic N) is 1. The number of nitrogens with one attached hydrogen (secondary N) is 3. The highest BCUT2D eigenvalue weighted by Gasteiger charge is 2.34. The monoisotopic (exact) mass is 534 g/mol. The molecule has 4 amide bonds. The molecule has 1 aromatic rings. The molecule has 0 unspecified atom stereocenters. The van der Waals surface area contributed by atoms with Gasteiger partial charge in [-0.3, -0.25) is 14.4 Å². The van der Waals surface area contributed by atoms with Gasteiger partial charge in [0.05, 0.1) is 0 Å². The fourth-order valence-electron chi connectivity index (χ4n) is 4.28. The van der Waals surface area contributed by atoms with Crippen molar-refractivity contribution in [3.8, 4) is 0 Å². The van der Waals surface area contributed by atoms with Crippen LogP contribution in [0.4, 0.5) is 14.9 Å². The molecule has 1 aliphatic heterocycles. The average molecular weight is 535 g/mol. The standard InChI is InChI=1S/C28H43FN4O5/c1-17(2)16-22(31-27(37)38-28(5,6)7)26(36)33-14-12-19(13-15-33)24(34)32-23(18(3)4)25(35)30-21-10-8-20(29)9-11-21/h8-11,17-19,22-23H,12-16H2,1-7H3,(H,30,35)(H,31,37)(H,32,34)/t22-,23-/m0/s1. The summed E-state index contributed by atoms with van der Waals surface area (Å²) in [6.45, 7) is 13.7. The lowest BCUT2D eigenvalue weighted by Crippen LogP contribution is -2.54. The second-order valence-corrected chi connectivity index (χ2v) is 11.7. The number of carbonyl (C=O) groups excluding carboxylic acids is 4. The van der Waals surface area contributed by atoms with E-state index >= 15 is 0 Å². The summed E-state index contributed by atoms with van der Waals surface area (Å²) in [6.07, 6.45) is 0.730. The molecule has 0 bridgehead atoms. The molecule has 0 spiro atoms. The lowest BCUT2D eigenvalue weighted by atomic mass is 9.93.